The standard InChI is InChI=1S/C34H59N3O4/c1-11-14-15-16-17-18-20-37(32(39)29(26(6)13-3)36-33(40)41-34(8,9)10)30(31(38)35-27(7)19-12-2)28-22-24(4)21-25(5)23-28/h21-23,26-27,29-30H,11-20H2,1-10H3,(H,35,38)(H,36,40). The van der Waals surface area contributed by atoms with Crippen molar-refractivity contribution in [2.75, 3.05) is 6.54 Å². The zero-order valence-electron chi connectivity index (χ0n) is 27.7. The summed E-state index contributed by atoms with van der Waals surface area (Å²) in [4.78, 5) is 43.1. The number of aryl methyl sites for hydroxylation is 2. The smallest absolute Gasteiger partial charge is 0.408 e. The fraction of sp³-hybridized carbons (Fsp3) is 0.735. The minimum atomic E-state index is -0.816. The molecule has 0 saturated heterocycles. The zero-order chi connectivity index (χ0) is 31.2. The van der Waals surface area contributed by atoms with E-state index in [1.165, 1.54) is 12.8 Å². The molecule has 0 radical (unpaired) electrons. The maximum atomic E-state index is 14.5. The molecule has 1 aromatic carbocycles. The third-order valence-electron chi connectivity index (χ3n) is 7.42. The van der Waals surface area contributed by atoms with Gasteiger partial charge in [0.15, 0.2) is 0 Å². The van der Waals surface area contributed by atoms with Crippen LogP contribution in [0.1, 0.15) is 136 Å². The molecule has 0 saturated carbocycles. The maximum absolute atomic E-state index is 14.5. The molecule has 1 aromatic rings. The molecule has 4 atom stereocenters. The number of ether oxygens (including phenoxy) is 1. The van der Waals surface area contributed by atoms with Crippen molar-refractivity contribution in [1.29, 1.82) is 0 Å². The highest BCUT2D eigenvalue weighted by Crippen LogP contribution is 2.27. The van der Waals surface area contributed by atoms with Crippen LogP contribution in [0.25, 0.3) is 0 Å². The van der Waals surface area contributed by atoms with Gasteiger partial charge in [0.2, 0.25) is 11.8 Å². The number of alkyl carbamates (subject to hydrolysis) is 1. The second-order valence-corrected chi connectivity index (χ2v) is 12.8. The number of nitrogens with zero attached hydrogens (tertiary/aromatic N) is 1. The van der Waals surface area contributed by atoms with E-state index in [-0.39, 0.29) is 23.8 Å². The van der Waals surface area contributed by atoms with E-state index in [2.05, 4.69) is 30.5 Å². The lowest BCUT2D eigenvalue weighted by Gasteiger charge is -2.36. The van der Waals surface area contributed by atoms with Gasteiger partial charge in [0.1, 0.15) is 17.7 Å². The van der Waals surface area contributed by atoms with E-state index >= 15 is 0 Å². The molecular weight excluding hydrogens is 514 g/mol. The van der Waals surface area contributed by atoms with Crippen molar-refractivity contribution < 1.29 is 19.1 Å². The first-order valence-electron chi connectivity index (χ1n) is 15.9. The van der Waals surface area contributed by atoms with Crippen LogP contribution in [0.4, 0.5) is 4.79 Å². The molecule has 0 aliphatic heterocycles. The van der Waals surface area contributed by atoms with E-state index in [9.17, 15) is 14.4 Å². The van der Waals surface area contributed by atoms with E-state index in [1.54, 1.807) is 25.7 Å². The van der Waals surface area contributed by atoms with Crippen molar-refractivity contribution in [2.45, 2.75) is 151 Å². The summed E-state index contributed by atoms with van der Waals surface area (Å²) in [7, 11) is 0. The van der Waals surface area contributed by atoms with Crippen LogP contribution in [0, 0.1) is 19.8 Å². The van der Waals surface area contributed by atoms with Crippen LogP contribution in [-0.2, 0) is 14.3 Å². The predicted octanol–water partition coefficient (Wildman–Crippen LogP) is 7.78. The number of hydrogen-bond acceptors (Lipinski definition) is 4. The molecule has 0 aromatic heterocycles. The van der Waals surface area contributed by atoms with Gasteiger partial charge in [-0.15, -0.1) is 0 Å². The molecule has 7 nitrogen and oxygen atoms in total. The molecule has 0 aliphatic carbocycles. The van der Waals surface area contributed by atoms with Crippen LogP contribution in [0.3, 0.4) is 0 Å². The average molecular weight is 574 g/mol. The van der Waals surface area contributed by atoms with Gasteiger partial charge in [-0.3, -0.25) is 9.59 Å². The van der Waals surface area contributed by atoms with Gasteiger partial charge in [-0.05, 0) is 65.9 Å². The largest absolute Gasteiger partial charge is 0.444 e. The van der Waals surface area contributed by atoms with Gasteiger partial charge < -0.3 is 20.3 Å². The molecule has 1 rings (SSSR count). The molecule has 41 heavy (non-hydrogen) atoms. The van der Waals surface area contributed by atoms with Crippen molar-refractivity contribution in [3.05, 3.63) is 34.9 Å². The van der Waals surface area contributed by atoms with Gasteiger partial charge in [0.05, 0.1) is 0 Å². The fourth-order valence-electron chi connectivity index (χ4n) is 5.19. The Morgan fingerprint density at radius 2 is 1.44 bits per heavy atom. The van der Waals surface area contributed by atoms with E-state index in [0.717, 1.165) is 55.2 Å². The summed E-state index contributed by atoms with van der Waals surface area (Å²) in [5.74, 6) is -0.583. The summed E-state index contributed by atoms with van der Waals surface area (Å²) >= 11 is 0. The molecule has 0 spiro atoms. The summed E-state index contributed by atoms with van der Waals surface area (Å²) < 4.78 is 5.53. The van der Waals surface area contributed by atoms with Gasteiger partial charge >= 0.3 is 6.09 Å². The Hall–Kier alpha value is -2.57. The third-order valence-corrected chi connectivity index (χ3v) is 7.42. The predicted molar refractivity (Wildman–Crippen MR) is 169 cm³/mol. The molecule has 3 amide bonds. The number of unbranched alkanes of at least 4 members (excludes halogenated alkanes) is 5. The van der Waals surface area contributed by atoms with E-state index in [1.807, 2.05) is 46.8 Å². The van der Waals surface area contributed by atoms with Crippen LogP contribution in [0.15, 0.2) is 18.2 Å². The van der Waals surface area contributed by atoms with Crippen LogP contribution >= 0.6 is 0 Å². The van der Waals surface area contributed by atoms with Gasteiger partial charge in [0.25, 0.3) is 0 Å². The van der Waals surface area contributed by atoms with Crippen molar-refractivity contribution in [3.63, 3.8) is 0 Å². The quantitative estimate of drug-likeness (QED) is 0.186. The number of nitrogens with one attached hydrogen (secondary N) is 2. The van der Waals surface area contributed by atoms with Gasteiger partial charge in [-0.1, -0.05) is 102 Å². The number of amides is 3. The summed E-state index contributed by atoms with van der Waals surface area (Å²) in [6, 6.07) is 4.44. The molecule has 234 valence electrons. The Bertz CT molecular complexity index is 936. The number of hydrogen-bond donors (Lipinski definition) is 2. The fourth-order valence-corrected chi connectivity index (χ4v) is 5.19. The minimum Gasteiger partial charge on any atom is -0.444 e. The van der Waals surface area contributed by atoms with E-state index < -0.39 is 23.8 Å². The summed E-state index contributed by atoms with van der Waals surface area (Å²) in [6.45, 7) is 20.1. The molecule has 4 unspecified atom stereocenters. The van der Waals surface area contributed by atoms with Crippen molar-refractivity contribution >= 4 is 17.9 Å². The van der Waals surface area contributed by atoms with Gasteiger partial charge in [-0.2, -0.15) is 0 Å². The van der Waals surface area contributed by atoms with Crippen LogP contribution in [-0.4, -0.2) is 47.0 Å². The lowest BCUT2D eigenvalue weighted by molar-refractivity contribution is -0.143. The Kier molecular flexibility index (Phi) is 16.1. The summed E-state index contributed by atoms with van der Waals surface area (Å²) in [6.07, 6.45) is 8.25. The number of benzene rings is 1. The summed E-state index contributed by atoms with van der Waals surface area (Å²) in [5.41, 5.74) is 2.18. The topological polar surface area (TPSA) is 87.7 Å². The second kappa shape index (κ2) is 18.1. The molecule has 7 heteroatoms. The number of carbonyl (C=O) groups excluding carboxylic acids is 3. The molecule has 0 aliphatic rings. The SMILES string of the molecule is CCCCCCCCN(C(=O)C(NC(=O)OC(C)(C)C)C(C)CC)C(C(=O)NC(C)CCC)c1cc(C)cc(C)c1. The van der Waals surface area contributed by atoms with Crippen LogP contribution in [0.5, 0.6) is 0 Å². The first kappa shape index (κ1) is 36.5. The second-order valence-electron chi connectivity index (χ2n) is 12.8. The zero-order valence-corrected chi connectivity index (χ0v) is 27.7. The van der Waals surface area contributed by atoms with Gasteiger partial charge in [0, 0.05) is 12.6 Å². The highest BCUT2D eigenvalue weighted by molar-refractivity contribution is 5.92. The Morgan fingerprint density at radius 3 is 1.98 bits per heavy atom. The van der Waals surface area contributed by atoms with Gasteiger partial charge in [-0.25, -0.2) is 4.79 Å². The van der Waals surface area contributed by atoms with Crippen molar-refractivity contribution in [3.8, 4) is 0 Å². The highest BCUT2D eigenvalue weighted by Gasteiger charge is 2.38. The summed E-state index contributed by atoms with van der Waals surface area (Å²) in [5, 5.41) is 6.05. The monoisotopic (exact) mass is 573 g/mol. The Labute approximate surface area is 250 Å². The highest BCUT2D eigenvalue weighted by atomic mass is 16.6. The van der Waals surface area contributed by atoms with Crippen LogP contribution in [0.2, 0.25) is 0 Å². The normalized spacial score (nSPS) is 14.5. The Balaban J connectivity index is 3.56. The average Bonchev–Trinajstić information content (AvgIpc) is 2.86. The van der Waals surface area contributed by atoms with E-state index in [0.29, 0.717) is 13.0 Å². The first-order chi connectivity index (χ1) is 19.2. The maximum Gasteiger partial charge on any atom is 0.408 e. The Morgan fingerprint density at radius 1 is 0.854 bits per heavy atom. The number of carbonyl (C=O) groups is 3. The number of rotatable bonds is 17. The van der Waals surface area contributed by atoms with Crippen molar-refractivity contribution in [2.24, 2.45) is 5.92 Å². The third kappa shape index (κ3) is 13.3. The van der Waals surface area contributed by atoms with Crippen molar-refractivity contribution in [1.82, 2.24) is 15.5 Å². The van der Waals surface area contributed by atoms with E-state index in [4.69, 9.17) is 4.74 Å². The molecule has 0 fully saturated rings. The molecule has 0 heterocycles. The molecule has 0 bridgehead atoms. The lowest BCUT2D eigenvalue weighted by Crippen LogP contribution is -2.55. The lowest BCUT2D eigenvalue weighted by atomic mass is 9.94. The minimum absolute atomic E-state index is 0.0165. The first-order valence-corrected chi connectivity index (χ1v) is 15.9. The van der Waals surface area contributed by atoms with Crippen LogP contribution < -0.4 is 10.6 Å². The molecule has 2 N–H and O–H groups in total. The molecular formula is C34H59N3O4.